The Morgan fingerprint density at radius 1 is 1.26 bits per heavy atom. The topological polar surface area (TPSA) is 58.1 Å². The number of pyridine rings is 1. The van der Waals surface area contributed by atoms with Gasteiger partial charge in [0.25, 0.3) is 5.91 Å². The Morgan fingerprint density at radius 3 is 2.84 bits per heavy atom. The van der Waals surface area contributed by atoms with Crippen LogP contribution < -0.4 is 5.32 Å². The third kappa shape index (κ3) is 2.64. The fraction of sp³-hybridized carbons (Fsp3) is 0.308. The largest absolute Gasteiger partial charge is 0.335 e. The van der Waals surface area contributed by atoms with Crippen molar-refractivity contribution >= 4 is 17.2 Å². The lowest BCUT2D eigenvalue weighted by molar-refractivity contribution is 0.0740. The first-order valence-electron chi connectivity index (χ1n) is 6.22. The normalized spacial score (nSPS) is 15.5. The Balaban J connectivity index is 1.79. The number of carbonyl (C=O) groups is 1. The number of carbonyl (C=O) groups excluding carboxylic acids is 1. The number of hydrogen-bond acceptors (Lipinski definition) is 5. The monoisotopic (exact) mass is 274 g/mol. The molecule has 0 aliphatic carbocycles. The zero-order chi connectivity index (χ0) is 13.1. The van der Waals surface area contributed by atoms with E-state index in [9.17, 15) is 4.79 Å². The number of piperazine rings is 1. The quantitative estimate of drug-likeness (QED) is 0.895. The van der Waals surface area contributed by atoms with Crippen LogP contribution in [0.3, 0.4) is 0 Å². The second-order valence-electron chi connectivity index (χ2n) is 4.29. The molecule has 0 radical (unpaired) electrons. The summed E-state index contributed by atoms with van der Waals surface area (Å²) >= 11 is 1.40. The molecule has 0 unspecified atom stereocenters. The van der Waals surface area contributed by atoms with Crippen molar-refractivity contribution in [3.63, 3.8) is 0 Å². The van der Waals surface area contributed by atoms with Crippen LogP contribution in [-0.2, 0) is 0 Å². The third-order valence-corrected chi connectivity index (χ3v) is 4.01. The van der Waals surface area contributed by atoms with E-state index in [0.717, 1.165) is 36.9 Å². The maximum atomic E-state index is 12.3. The van der Waals surface area contributed by atoms with Gasteiger partial charge < -0.3 is 10.2 Å². The SMILES string of the molecule is O=C(c1cnc(-c2ccccn2)s1)N1CCNCC1. The smallest absolute Gasteiger partial charge is 0.265 e. The summed E-state index contributed by atoms with van der Waals surface area (Å²) < 4.78 is 0. The summed E-state index contributed by atoms with van der Waals surface area (Å²) in [7, 11) is 0. The van der Waals surface area contributed by atoms with Crippen molar-refractivity contribution in [3.05, 3.63) is 35.5 Å². The van der Waals surface area contributed by atoms with Crippen LogP contribution in [0.15, 0.2) is 30.6 Å². The van der Waals surface area contributed by atoms with Gasteiger partial charge in [-0.15, -0.1) is 11.3 Å². The lowest BCUT2D eigenvalue weighted by Gasteiger charge is -2.26. The molecule has 6 heteroatoms. The van der Waals surface area contributed by atoms with E-state index in [4.69, 9.17) is 0 Å². The number of thiazole rings is 1. The van der Waals surface area contributed by atoms with Crippen LogP contribution in [0, 0.1) is 0 Å². The summed E-state index contributed by atoms with van der Waals surface area (Å²) in [4.78, 5) is 23.4. The molecule has 1 fully saturated rings. The molecule has 0 saturated carbocycles. The third-order valence-electron chi connectivity index (χ3n) is 3.00. The minimum absolute atomic E-state index is 0.0705. The van der Waals surface area contributed by atoms with Crippen molar-refractivity contribution in [3.8, 4) is 10.7 Å². The highest BCUT2D eigenvalue weighted by Gasteiger charge is 2.20. The van der Waals surface area contributed by atoms with Crippen LogP contribution in [0.2, 0.25) is 0 Å². The van der Waals surface area contributed by atoms with Crippen LogP contribution in [0.1, 0.15) is 9.67 Å². The Morgan fingerprint density at radius 2 is 2.11 bits per heavy atom. The maximum absolute atomic E-state index is 12.3. The molecule has 1 saturated heterocycles. The summed E-state index contributed by atoms with van der Waals surface area (Å²) in [5.41, 5.74) is 0.812. The van der Waals surface area contributed by atoms with Gasteiger partial charge in [0.2, 0.25) is 0 Å². The molecule has 0 bridgehead atoms. The highest BCUT2D eigenvalue weighted by Crippen LogP contribution is 2.24. The van der Waals surface area contributed by atoms with Crippen LogP contribution >= 0.6 is 11.3 Å². The molecule has 0 spiro atoms. The molecule has 1 N–H and O–H groups in total. The molecule has 3 heterocycles. The van der Waals surface area contributed by atoms with Gasteiger partial charge in [-0.2, -0.15) is 0 Å². The number of hydrogen-bond donors (Lipinski definition) is 1. The molecule has 0 aromatic carbocycles. The van der Waals surface area contributed by atoms with Crippen molar-refractivity contribution in [2.45, 2.75) is 0 Å². The summed E-state index contributed by atoms with van der Waals surface area (Å²) in [6, 6.07) is 5.68. The summed E-state index contributed by atoms with van der Waals surface area (Å²) in [5, 5.41) is 4.03. The van der Waals surface area contributed by atoms with E-state index in [-0.39, 0.29) is 5.91 Å². The van der Waals surface area contributed by atoms with Crippen molar-refractivity contribution in [2.75, 3.05) is 26.2 Å². The Bertz CT molecular complexity index is 563. The molecule has 0 atom stereocenters. The average molecular weight is 274 g/mol. The van der Waals surface area contributed by atoms with Crippen LogP contribution in [0.25, 0.3) is 10.7 Å². The molecule has 98 valence electrons. The molecule has 1 aliphatic rings. The fourth-order valence-electron chi connectivity index (χ4n) is 2.00. The van der Waals surface area contributed by atoms with Gasteiger partial charge in [0.1, 0.15) is 9.88 Å². The van der Waals surface area contributed by atoms with Crippen molar-refractivity contribution in [1.82, 2.24) is 20.2 Å². The molecule has 19 heavy (non-hydrogen) atoms. The maximum Gasteiger partial charge on any atom is 0.265 e. The first-order chi connectivity index (χ1) is 9.34. The van der Waals surface area contributed by atoms with Gasteiger partial charge in [0.15, 0.2) is 0 Å². The highest BCUT2D eigenvalue weighted by atomic mass is 32.1. The Kier molecular flexibility index (Phi) is 3.52. The lowest BCUT2D eigenvalue weighted by atomic mass is 10.3. The molecule has 5 nitrogen and oxygen atoms in total. The minimum atomic E-state index is 0.0705. The van der Waals surface area contributed by atoms with Gasteiger partial charge in [-0.05, 0) is 12.1 Å². The second kappa shape index (κ2) is 5.46. The molecular weight excluding hydrogens is 260 g/mol. The van der Waals surface area contributed by atoms with Crippen molar-refractivity contribution < 1.29 is 4.79 Å². The van der Waals surface area contributed by atoms with E-state index >= 15 is 0 Å². The fourth-order valence-corrected chi connectivity index (χ4v) is 2.87. The summed E-state index contributed by atoms with van der Waals surface area (Å²) in [5.74, 6) is 0.0705. The number of nitrogens with zero attached hydrogens (tertiary/aromatic N) is 3. The zero-order valence-corrected chi connectivity index (χ0v) is 11.2. The van der Waals surface area contributed by atoms with Gasteiger partial charge in [-0.3, -0.25) is 9.78 Å². The van der Waals surface area contributed by atoms with Gasteiger partial charge in [-0.25, -0.2) is 4.98 Å². The number of amides is 1. The summed E-state index contributed by atoms with van der Waals surface area (Å²) in [6.45, 7) is 3.24. The Labute approximate surface area is 115 Å². The first-order valence-corrected chi connectivity index (χ1v) is 7.03. The Hall–Kier alpha value is -1.79. The predicted octanol–water partition coefficient (Wildman–Crippen LogP) is 1.25. The summed E-state index contributed by atoms with van der Waals surface area (Å²) in [6.07, 6.45) is 3.38. The van der Waals surface area contributed by atoms with E-state index in [1.165, 1.54) is 11.3 Å². The minimum Gasteiger partial charge on any atom is -0.335 e. The molecule has 2 aromatic rings. The molecular formula is C13H14N4OS. The van der Waals surface area contributed by atoms with Gasteiger partial charge in [-0.1, -0.05) is 6.07 Å². The van der Waals surface area contributed by atoms with Crippen LogP contribution in [-0.4, -0.2) is 47.0 Å². The molecule has 1 amide bonds. The molecule has 3 rings (SSSR count). The highest BCUT2D eigenvalue weighted by molar-refractivity contribution is 7.16. The second-order valence-corrected chi connectivity index (χ2v) is 5.32. The standard InChI is InChI=1S/C13H14N4OS/c18-13(17-7-5-14-6-8-17)11-9-16-12(19-11)10-3-1-2-4-15-10/h1-4,9,14H,5-8H2. The van der Waals surface area contributed by atoms with E-state index in [1.807, 2.05) is 23.1 Å². The lowest BCUT2D eigenvalue weighted by Crippen LogP contribution is -2.46. The van der Waals surface area contributed by atoms with Gasteiger partial charge in [0, 0.05) is 32.4 Å². The van der Waals surface area contributed by atoms with Crippen molar-refractivity contribution in [2.24, 2.45) is 0 Å². The first kappa shape index (κ1) is 12.3. The number of aromatic nitrogens is 2. The van der Waals surface area contributed by atoms with Gasteiger partial charge >= 0.3 is 0 Å². The number of nitrogens with one attached hydrogen (secondary N) is 1. The zero-order valence-electron chi connectivity index (χ0n) is 10.4. The van der Waals surface area contributed by atoms with Crippen LogP contribution in [0.4, 0.5) is 0 Å². The van der Waals surface area contributed by atoms with E-state index in [1.54, 1.807) is 12.4 Å². The molecule has 1 aliphatic heterocycles. The van der Waals surface area contributed by atoms with E-state index < -0.39 is 0 Å². The number of rotatable bonds is 2. The average Bonchev–Trinajstić information content (AvgIpc) is 2.98. The van der Waals surface area contributed by atoms with E-state index in [2.05, 4.69) is 15.3 Å². The van der Waals surface area contributed by atoms with Crippen LogP contribution in [0.5, 0.6) is 0 Å². The predicted molar refractivity (Wildman–Crippen MR) is 74.1 cm³/mol. The van der Waals surface area contributed by atoms with Crippen molar-refractivity contribution in [1.29, 1.82) is 0 Å². The van der Waals surface area contributed by atoms with E-state index in [0.29, 0.717) is 4.88 Å². The molecule has 2 aromatic heterocycles. The van der Waals surface area contributed by atoms with Gasteiger partial charge in [0.05, 0.1) is 11.9 Å².